The van der Waals surface area contributed by atoms with E-state index in [1.165, 1.54) is 32.3 Å². The Labute approximate surface area is 153 Å². The Balaban J connectivity index is 2.10. The van der Waals surface area contributed by atoms with E-state index in [2.05, 4.69) is 108 Å². The van der Waals surface area contributed by atoms with Crippen LogP contribution < -0.4 is 15.9 Å². The Bertz CT molecular complexity index is 686. The van der Waals surface area contributed by atoms with E-state index in [-0.39, 0.29) is 0 Å². The first-order chi connectivity index (χ1) is 11.4. The molecule has 0 spiro atoms. The van der Waals surface area contributed by atoms with E-state index in [0.717, 1.165) is 6.42 Å². The smallest absolute Gasteiger partial charge is 0.000156 e. The summed E-state index contributed by atoms with van der Waals surface area (Å²) in [5.41, 5.74) is 1.50. The molecule has 0 aromatic heterocycles. The highest BCUT2D eigenvalue weighted by atomic mass is 127. The highest BCUT2D eigenvalue weighted by molar-refractivity contribution is 14.1. The van der Waals surface area contributed by atoms with Crippen LogP contribution in [0.4, 0.5) is 0 Å². The molecular weight excluding hydrogens is 410 g/mol. The van der Waals surface area contributed by atoms with E-state index in [1.807, 2.05) is 0 Å². The molecular formula is C21H20IP. The van der Waals surface area contributed by atoms with Crippen molar-refractivity contribution in [1.82, 2.24) is 0 Å². The second-order valence-electron chi connectivity index (χ2n) is 5.43. The lowest BCUT2D eigenvalue weighted by atomic mass is 10.1. The molecule has 0 heterocycles. The monoisotopic (exact) mass is 430 g/mol. The molecule has 3 aromatic carbocycles. The Morgan fingerprint density at radius 1 is 0.652 bits per heavy atom. The Morgan fingerprint density at radius 2 is 1.17 bits per heavy atom. The number of aryl methyl sites for hydroxylation is 1. The lowest BCUT2D eigenvalue weighted by Gasteiger charge is -2.22. The Hall–Kier alpha value is -1.18. The molecule has 0 saturated carbocycles. The van der Waals surface area contributed by atoms with Crippen LogP contribution in [0.3, 0.4) is 0 Å². The van der Waals surface area contributed by atoms with Crippen LogP contribution in [-0.4, -0.2) is 4.43 Å². The van der Waals surface area contributed by atoms with E-state index in [9.17, 15) is 0 Å². The van der Waals surface area contributed by atoms with Gasteiger partial charge in [-0.1, -0.05) is 108 Å². The van der Waals surface area contributed by atoms with E-state index >= 15 is 0 Å². The lowest BCUT2D eigenvalue weighted by Crippen LogP contribution is -2.23. The first-order valence-electron chi connectivity index (χ1n) is 7.94. The van der Waals surface area contributed by atoms with Crippen LogP contribution >= 0.6 is 30.5 Å². The number of hydrogen-bond acceptors (Lipinski definition) is 0. The number of benzene rings is 3. The average molecular weight is 430 g/mol. The fraction of sp³-hybridized carbons (Fsp3) is 0.143. The second kappa shape index (κ2) is 8.61. The number of rotatable bonds is 6. The van der Waals surface area contributed by atoms with Gasteiger partial charge in [-0.2, -0.15) is 0 Å². The molecule has 3 rings (SSSR count). The summed E-state index contributed by atoms with van der Waals surface area (Å²) in [4.78, 5) is 0. The van der Waals surface area contributed by atoms with Crippen molar-refractivity contribution in [2.45, 2.75) is 12.8 Å². The van der Waals surface area contributed by atoms with Crippen molar-refractivity contribution in [3.63, 3.8) is 0 Å². The normalized spacial score (nSPS) is 10.9. The maximum absolute atomic E-state index is 2.47. The van der Waals surface area contributed by atoms with E-state index in [4.69, 9.17) is 0 Å². The van der Waals surface area contributed by atoms with Gasteiger partial charge in [0.25, 0.3) is 0 Å². The third-order valence-electron chi connectivity index (χ3n) is 3.84. The molecule has 0 saturated heterocycles. The van der Waals surface area contributed by atoms with Crippen molar-refractivity contribution in [3.8, 4) is 0 Å². The van der Waals surface area contributed by atoms with Crippen LogP contribution in [0.1, 0.15) is 12.0 Å². The van der Waals surface area contributed by atoms with Gasteiger partial charge in [0.05, 0.1) is 0 Å². The molecule has 0 aliphatic carbocycles. The molecule has 23 heavy (non-hydrogen) atoms. The minimum absolute atomic E-state index is 0.486. The molecule has 2 heteroatoms. The summed E-state index contributed by atoms with van der Waals surface area (Å²) in [5.74, 6) is 0. The van der Waals surface area contributed by atoms with Gasteiger partial charge in [0.1, 0.15) is 0 Å². The van der Waals surface area contributed by atoms with Gasteiger partial charge in [-0.25, -0.2) is 0 Å². The predicted molar refractivity (Wildman–Crippen MR) is 112 cm³/mol. The molecule has 3 aromatic rings. The molecule has 0 amide bonds. The standard InChI is InChI=1S/C21H20IP/c22-17-9-11-18-10-7-8-16-21(18)23(19-12-3-1-4-13-19)20-14-5-2-6-15-20/h1-8,10,12-16H,9,11,17H2. The SMILES string of the molecule is ICCCc1ccccc1P(c1ccccc1)c1ccccc1. The molecule has 0 bridgehead atoms. The van der Waals surface area contributed by atoms with Crippen molar-refractivity contribution in [1.29, 1.82) is 0 Å². The molecule has 0 aliphatic rings. The van der Waals surface area contributed by atoms with Gasteiger partial charge in [0.15, 0.2) is 0 Å². The number of halogens is 1. The van der Waals surface area contributed by atoms with Gasteiger partial charge in [-0.3, -0.25) is 0 Å². The van der Waals surface area contributed by atoms with Gasteiger partial charge in [-0.15, -0.1) is 0 Å². The first kappa shape index (κ1) is 16.7. The fourth-order valence-corrected chi connectivity index (χ4v) is 5.66. The van der Waals surface area contributed by atoms with Gasteiger partial charge in [-0.05, 0) is 46.7 Å². The van der Waals surface area contributed by atoms with Crippen LogP contribution in [0.2, 0.25) is 0 Å². The summed E-state index contributed by atoms with van der Waals surface area (Å²) in [5, 5.41) is 4.36. The molecule has 0 fully saturated rings. The maximum Gasteiger partial charge on any atom is -0.000156 e. The fourth-order valence-electron chi connectivity index (χ4n) is 2.78. The zero-order chi connectivity index (χ0) is 15.9. The van der Waals surface area contributed by atoms with Crippen LogP contribution in [0.5, 0.6) is 0 Å². The van der Waals surface area contributed by atoms with Crippen LogP contribution in [0.15, 0.2) is 84.9 Å². The van der Waals surface area contributed by atoms with Crippen LogP contribution in [0.25, 0.3) is 0 Å². The first-order valence-corrected chi connectivity index (χ1v) is 10.8. The molecule has 0 radical (unpaired) electrons. The van der Waals surface area contributed by atoms with Crippen molar-refractivity contribution >= 4 is 46.4 Å². The lowest BCUT2D eigenvalue weighted by molar-refractivity contribution is 0.952. The van der Waals surface area contributed by atoms with Crippen molar-refractivity contribution in [2.75, 3.05) is 4.43 Å². The van der Waals surface area contributed by atoms with Crippen molar-refractivity contribution in [2.24, 2.45) is 0 Å². The minimum Gasteiger partial charge on any atom is -0.0864 e. The predicted octanol–water partition coefficient (Wildman–Crippen LogP) is 4.81. The van der Waals surface area contributed by atoms with Gasteiger partial charge < -0.3 is 0 Å². The molecule has 0 unspecified atom stereocenters. The highest BCUT2D eigenvalue weighted by Gasteiger charge is 2.18. The molecule has 0 N–H and O–H groups in total. The molecule has 0 nitrogen and oxygen atoms in total. The summed E-state index contributed by atoms with van der Waals surface area (Å²) < 4.78 is 1.21. The summed E-state index contributed by atoms with van der Waals surface area (Å²) >= 11 is 2.47. The molecule has 116 valence electrons. The van der Waals surface area contributed by atoms with Crippen LogP contribution in [-0.2, 0) is 6.42 Å². The van der Waals surface area contributed by atoms with Crippen LogP contribution in [0, 0.1) is 0 Å². The zero-order valence-corrected chi connectivity index (χ0v) is 16.1. The Morgan fingerprint density at radius 3 is 1.74 bits per heavy atom. The van der Waals surface area contributed by atoms with E-state index in [0.29, 0.717) is 0 Å². The summed E-state index contributed by atoms with van der Waals surface area (Å²) in [7, 11) is -0.486. The molecule has 0 aliphatic heterocycles. The summed E-state index contributed by atoms with van der Waals surface area (Å²) in [6.45, 7) is 0. The number of hydrogen-bond donors (Lipinski definition) is 0. The highest BCUT2D eigenvalue weighted by Crippen LogP contribution is 2.34. The number of alkyl halides is 1. The largest absolute Gasteiger partial charge is 0.0864 e. The van der Waals surface area contributed by atoms with E-state index < -0.39 is 7.92 Å². The quantitative estimate of drug-likeness (QED) is 0.299. The zero-order valence-electron chi connectivity index (χ0n) is 13.0. The average Bonchev–Trinajstić information content (AvgIpc) is 2.63. The minimum atomic E-state index is -0.486. The van der Waals surface area contributed by atoms with Gasteiger partial charge in [0.2, 0.25) is 0 Å². The van der Waals surface area contributed by atoms with Gasteiger partial charge >= 0.3 is 0 Å². The van der Waals surface area contributed by atoms with E-state index in [1.54, 1.807) is 0 Å². The topological polar surface area (TPSA) is 0 Å². The third kappa shape index (κ3) is 4.22. The van der Waals surface area contributed by atoms with Gasteiger partial charge in [0, 0.05) is 0 Å². The maximum atomic E-state index is 2.47. The summed E-state index contributed by atoms with van der Waals surface area (Å²) in [6, 6.07) is 30.9. The van der Waals surface area contributed by atoms with Crippen molar-refractivity contribution in [3.05, 3.63) is 90.5 Å². The summed E-state index contributed by atoms with van der Waals surface area (Å²) in [6.07, 6.45) is 2.40. The Kier molecular flexibility index (Phi) is 6.24. The third-order valence-corrected chi connectivity index (χ3v) is 7.15. The second-order valence-corrected chi connectivity index (χ2v) is 8.69. The molecule has 0 atom stereocenters. The van der Waals surface area contributed by atoms with Crippen molar-refractivity contribution < 1.29 is 0 Å².